The van der Waals surface area contributed by atoms with Crippen molar-refractivity contribution >= 4 is 23.6 Å². The molecule has 0 unspecified atom stereocenters. The predicted molar refractivity (Wildman–Crippen MR) is 81.8 cm³/mol. The van der Waals surface area contributed by atoms with Gasteiger partial charge < -0.3 is 4.42 Å². The van der Waals surface area contributed by atoms with Crippen molar-refractivity contribution in [1.29, 1.82) is 0 Å². The zero-order valence-corrected chi connectivity index (χ0v) is 12.0. The van der Waals surface area contributed by atoms with E-state index in [9.17, 15) is 9.59 Å². The molecular formula is C17H14N2O3. The summed E-state index contributed by atoms with van der Waals surface area (Å²) in [6.45, 7) is 1.70. The molecule has 0 bridgehead atoms. The molecule has 1 aromatic heterocycles. The van der Waals surface area contributed by atoms with Gasteiger partial charge in [0.15, 0.2) is 0 Å². The summed E-state index contributed by atoms with van der Waals surface area (Å²) < 4.78 is 5.20. The van der Waals surface area contributed by atoms with Crippen LogP contribution in [0.5, 0.6) is 0 Å². The monoisotopic (exact) mass is 294 g/mol. The number of hydrogen-bond acceptors (Lipinski definition) is 4. The minimum atomic E-state index is -0.421. The second-order valence-corrected chi connectivity index (χ2v) is 4.93. The molecule has 5 nitrogen and oxygen atoms in total. The molecule has 2 amide bonds. The lowest BCUT2D eigenvalue weighted by molar-refractivity contribution is -0.141. The van der Waals surface area contributed by atoms with Gasteiger partial charge in [0.05, 0.1) is 24.0 Å². The van der Waals surface area contributed by atoms with E-state index in [2.05, 4.69) is 5.10 Å². The molecule has 110 valence electrons. The molecule has 0 N–H and O–H groups in total. The van der Waals surface area contributed by atoms with E-state index in [1.54, 1.807) is 25.1 Å². The van der Waals surface area contributed by atoms with Crippen LogP contribution in [0.25, 0.3) is 6.08 Å². The molecule has 2 aromatic rings. The van der Waals surface area contributed by atoms with Crippen molar-refractivity contribution in [1.82, 2.24) is 5.01 Å². The topological polar surface area (TPSA) is 62.9 Å². The van der Waals surface area contributed by atoms with Crippen LogP contribution in [0, 0.1) is 0 Å². The number of amides is 2. The van der Waals surface area contributed by atoms with Crippen LogP contribution in [0.4, 0.5) is 0 Å². The zero-order valence-electron chi connectivity index (χ0n) is 12.0. The van der Waals surface area contributed by atoms with Gasteiger partial charge in [-0.2, -0.15) is 10.1 Å². The highest BCUT2D eigenvalue weighted by Gasteiger charge is 2.32. The third-order valence-corrected chi connectivity index (χ3v) is 3.33. The zero-order chi connectivity index (χ0) is 15.5. The van der Waals surface area contributed by atoms with Crippen molar-refractivity contribution in [3.8, 4) is 0 Å². The van der Waals surface area contributed by atoms with Crippen LogP contribution in [0.3, 0.4) is 0 Å². The van der Waals surface area contributed by atoms with Crippen molar-refractivity contribution < 1.29 is 14.0 Å². The summed E-state index contributed by atoms with van der Waals surface area (Å²) >= 11 is 0. The summed E-state index contributed by atoms with van der Waals surface area (Å²) in [6, 6.07) is 12.7. The van der Waals surface area contributed by atoms with Gasteiger partial charge in [-0.25, -0.2) is 0 Å². The lowest BCUT2D eigenvalue weighted by Crippen LogP contribution is -2.30. The van der Waals surface area contributed by atoms with E-state index in [0.29, 0.717) is 17.0 Å². The van der Waals surface area contributed by atoms with Crippen LogP contribution in [0.1, 0.15) is 18.2 Å². The van der Waals surface area contributed by atoms with Crippen LogP contribution < -0.4 is 0 Å². The molecule has 2 heterocycles. The third-order valence-electron chi connectivity index (χ3n) is 3.33. The molecule has 0 radical (unpaired) electrons. The smallest absolute Gasteiger partial charge is 0.283 e. The molecule has 0 atom stereocenters. The SMILES string of the molecule is CC1=NN(C(=O)Cc2ccccc2)C(=O)/C1=C/c1ccco1. The molecule has 1 aliphatic heterocycles. The maximum absolute atomic E-state index is 12.4. The predicted octanol–water partition coefficient (Wildman–Crippen LogP) is 2.65. The van der Waals surface area contributed by atoms with Crippen LogP contribution in [-0.2, 0) is 16.0 Å². The third kappa shape index (κ3) is 2.74. The van der Waals surface area contributed by atoms with Crippen molar-refractivity contribution in [2.75, 3.05) is 0 Å². The number of carbonyl (C=O) groups is 2. The summed E-state index contributed by atoms with van der Waals surface area (Å²) in [7, 11) is 0. The number of furan rings is 1. The normalized spacial score (nSPS) is 16.2. The number of imide groups is 1. The Hall–Kier alpha value is -2.95. The van der Waals surface area contributed by atoms with Crippen LogP contribution >= 0.6 is 0 Å². The Labute approximate surface area is 127 Å². The molecule has 0 fully saturated rings. The maximum Gasteiger partial charge on any atom is 0.283 e. The molecular weight excluding hydrogens is 280 g/mol. The average molecular weight is 294 g/mol. The molecule has 3 rings (SSSR count). The number of hydrazone groups is 1. The largest absolute Gasteiger partial charge is 0.465 e. The summed E-state index contributed by atoms with van der Waals surface area (Å²) in [5.74, 6) is -0.219. The van der Waals surface area contributed by atoms with E-state index in [1.165, 1.54) is 6.26 Å². The quantitative estimate of drug-likeness (QED) is 0.817. The van der Waals surface area contributed by atoms with E-state index in [-0.39, 0.29) is 12.3 Å². The first-order valence-corrected chi connectivity index (χ1v) is 6.87. The van der Waals surface area contributed by atoms with Gasteiger partial charge in [0.1, 0.15) is 5.76 Å². The second-order valence-electron chi connectivity index (χ2n) is 4.93. The second kappa shape index (κ2) is 5.81. The van der Waals surface area contributed by atoms with Gasteiger partial charge in [-0.05, 0) is 30.7 Å². The fraction of sp³-hybridized carbons (Fsp3) is 0.118. The Kier molecular flexibility index (Phi) is 3.70. The molecule has 5 heteroatoms. The van der Waals surface area contributed by atoms with Crippen molar-refractivity contribution in [3.05, 3.63) is 65.6 Å². The van der Waals surface area contributed by atoms with Crippen molar-refractivity contribution in [2.45, 2.75) is 13.3 Å². The summed E-state index contributed by atoms with van der Waals surface area (Å²) in [5, 5.41) is 5.00. The van der Waals surface area contributed by atoms with Crippen molar-refractivity contribution in [2.24, 2.45) is 5.10 Å². The number of carbonyl (C=O) groups excluding carboxylic acids is 2. The van der Waals surface area contributed by atoms with Crippen LogP contribution in [0.2, 0.25) is 0 Å². The fourth-order valence-electron chi connectivity index (χ4n) is 2.21. The Morgan fingerprint density at radius 1 is 1.23 bits per heavy atom. The van der Waals surface area contributed by atoms with E-state index < -0.39 is 5.91 Å². The number of benzene rings is 1. The standard InChI is InChI=1S/C17H14N2O3/c1-12-15(11-14-8-5-9-22-14)17(21)19(18-12)16(20)10-13-6-3-2-4-7-13/h2-9,11H,10H2,1H3/b15-11+. The molecule has 0 saturated heterocycles. The maximum atomic E-state index is 12.4. The van der Waals surface area contributed by atoms with Gasteiger partial charge in [-0.15, -0.1) is 0 Å². The highest BCUT2D eigenvalue weighted by molar-refractivity contribution is 6.29. The summed E-state index contributed by atoms with van der Waals surface area (Å²) in [5.41, 5.74) is 1.72. The molecule has 0 aliphatic carbocycles. The van der Waals surface area contributed by atoms with E-state index >= 15 is 0 Å². The molecule has 0 spiro atoms. The van der Waals surface area contributed by atoms with Crippen LogP contribution in [-0.4, -0.2) is 22.5 Å². The van der Waals surface area contributed by atoms with E-state index in [4.69, 9.17) is 4.42 Å². The van der Waals surface area contributed by atoms with Crippen LogP contribution in [0.15, 0.2) is 63.8 Å². The minimum Gasteiger partial charge on any atom is -0.465 e. The molecule has 22 heavy (non-hydrogen) atoms. The number of hydrogen-bond donors (Lipinski definition) is 0. The molecule has 1 aliphatic rings. The first-order valence-electron chi connectivity index (χ1n) is 6.87. The Balaban J connectivity index is 1.79. The highest BCUT2D eigenvalue weighted by Crippen LogP contribution is 2.19. The summed E-state index contributed by atoms with van der Waals surface area (Å²) in [4.78, 5) is 24.6. The number of nitrogens with zero attached hydrogens (tertiary/aromatic N) is 2. The van der Waals surface area contributed by atoms with Gasteiger partial charge in [-0.1, -0.05) is 30.3 Å². The first-order chi connectivity index (χ1) is 10.6. The van der Waals surface area contributed by atoms with E-state index in [1.807, 2.05) is 30.3 Å². The Morgan fingerprint density at radius 2 is 2.00 bits per heavy atom. The lowest BCUT2D eigenvalue weighted by Gasteiger charge is -2.09. The van der Waals surface area contributed by atoms with E-state index in [0.717, 1.165) is 10.6 Å². The fourth-order valence-corrected chi connectivity index (χ4v) is 2.21. The molecule has 0 saturated carbocycles. The lowest BCUT2D eigenvalue weighted by atomic mass is 10.1. The highest BCUT2D eigenvalue weighted by atomic mass is 16.3. The Bertz CT molecular complexity index is 758. The van der Waals surface area contributed by atoms with Gasteiger partial charge in [0.25, 0.3) is 11.8 Å². The molecule has 1 aromatic carbocycles. The van der Waals surface area contributed by atoms with Crippen molar-refractivity contribution in [3.63, 3.8) is 0 Å². The van der Waals surface area contributed by atoms with Gasteiger partial charge >= 0.3 is 0 Å². The van der Waals surface area contributed by atoms with Gasteiger partial charge in [-0.3, -0.25) is 9.59 Å². The Morgan fingerprint density at radius 3 is 2.68 bits per heavy atom. The first kappa shape index (κ1) is 14.0. The van der Waals surface area contributed by atoms with Gasteiger partial charge in [0, 0.05) is 0 Å². The summed E-state index contributed by atoms with van der Waals surface area (Å²) in [6.07, 6.45) is 3.25. The average Bonchev–Trinajstić information content (AvgIpc) is 3.12. The van der Waals surface area contributed by atoms with Gasteiger partial charge in [0.2, 0.25) is 0 Å². The number of rotatable bonds is 3. The minimum absolute atomic E-state index is 0.136.